The van der Waals surface area contributed by atoms with E-state index in [4.69, 9.17) is 4.52 Å². The first-order chi connectivity index (χ1) is 9.69. The minimum absolute atomic E-state index is 0.255. The third-order valence-corrected chi connectivity index (χ3v) is 2.70. The van der Waals surface area contributed by atoms with Crippen LogP contribution in [0.25, 0.3) is 0 Å². The molecule has 3 rings (SSSR count). The Labute approximate surface area is 114 Å². The molecule has 0 spiro atoms. The molecule has 2 amide bonds. The molecule has 0 radical (unpaired) electrons. The minimum Gasteiger partial charge on any atom is -0.360 e. The molecule has 0 saturated heterocycles. The summed E-state index contributed by atoms with van der Waals surface area (Å²) in [5.74, 6) is 2.18. The van der Waals surface area contributed by atoms with E-state index in [0.29, 0.717) is 29.3 Å². The second kappa shape index (κ2) is 5.16. The van der Waals surface area contributed by atoms with Gasteiger partial charge in [0.15, 0.2) is 17.5 Å². The van der Waals surface area contributed by atoms with Crippen LogP contribution in [0, 0.1) is 6.92 Å². The lowest BCUT2D eigenvalue weighted by atomic mass is 10.4. The van der Waals surface area contributed by atoms with Crippen molar-refractivity contribution in [2.75, 3.05) is 10.6 Å². The molecule has 2 aromatic heterocycles. The highest BCUT2D eigenvalue weighted by Crippen LogP contribution is 2.19. The molecule has 0 aliphatic heterocycles. The summed E-state index contributed by atoms with van der Waals surface area (Å²) in [5, 5.41) is 20.0. The first-order valence-electron chi connectivity index (χ1n) is 6.30. The maximum Gasteiger partial charge on any atom is 0.320 e. The summed E-state index contributed by atoms with van der Waals surface area (Å²) in [7, 11) is 0. The standard InChI is InChI=1S/C12H14N6O2/c1-7-6-11(18-20-7)14-9-4-5-10(17-16-9)15-12(19)13-8-2-3-8/h4-6,8H,2-3H2,1H3,(H,14,16,18)(H2,13,15,17,19). The van der Waals surface area contributed by atoms with E-state index in [2.05, 4.69) is 31.3 Å². The SMILES string of the molecule is Cc1cc(Nc2ccc(NC(=O)NC3CC3)nn2)no1. The summed E-state index contributed by atoms with van der Waals surface area (Å²) < 4.78 is 4.93. The molecule has 0 aromatic carbocycles. The Hall–Kier alpha value is -2.64. The van der Waals surface area contributed by atoms with Crippen molar-refractivity contribution in [1.82, 2.24) is 20.7 Å². The van der Waals surface area contributed by atoms with Gasteiger partial charge < -0.3 is 15.2 Å². The van der Waals surface area contributed by atoms with Crippen LogP contribution in [0.5, 0.6) is 0 Å². The van der Waals surface area contributed by atoms with Crippen LogP contribution < -0.4 is 16.0 Å². The zero-order valence-corrected chi connectivity index (χ0v) is 10.9. The summed E-state index contributed by atoms with van der Waals surface area (Å²) >= 11 is 0. The number of carbonyl (C=O) groups is 1. The van der Waals surface area contributed by atoms with E-state index in [1.54, 1.807) is 25.1 Å². The molecule has 1 aliphatic rings. The van der Waals surface area contributed by atoms with Crippen molar-refractivity contribution < 1.29 is 9.32 Å². The van der Waals surface area contributed by atoms with Crippen molar-refractivity contribution >= 4 is 23.5 Å². The molecule has 0 unspecified atom stereocenters. The first kappa shape index (κ1) is 12.4. The summed E-state index contributed by atoms with van der Waals surface area (Å²) in [5.41, 5.74) is 0. The van der Waals surface area contributed by atoms with E-state index in [0.717, 1.165) is 12.8 Å². The molecule has 1 fully saturated rings. The Morgan fingerprint density at radius 3 is 2.60 bits per heavy atom. The lowest BCUT2D eigenvalue weighted by Crippen LogP contribution is -2.30. The van der Waals surface area contributed by atoms with Crippen molar-refractivity contribution in [2.45, 2.75) is 25.8 Å². The Kier molecular flexibility index (Phi) is 3.20. The van der Waals surface area contributed by atoms with Gasteiger partial charge in [-0.05, 0) is 31.9 Å². The van der Waals surface area contributed by atoms with Gasteiger partial charge in [-0.3, -0.25) is 5.32 Å². The Balaban J connectivity index is 1.57. The average molecular weight is 274 g/mol. The van der Waals surface area contributed by atoms with E-state index in [1.165, 1.54) is 0 Å². The summed E-state index contributed by atoms with van der Waals surface area (Å²) in [6, 6.07) is 5.16. The monoisotopic (exact) mass is 274 g/mol. The fourth-order valence-corrected chi connectivity index (χ4v) is 1.59. The van der Waals surface area contributed by atoms with Crippen molar-refractivity contribution in [3.05, 3.63) is 24.0 Å². The van der Waals surface area contributed by atoms with Crippen LogP contribution in [0.1, 0.15) is 18.6 Å². The van der Waals surface area contributed by atoms with E-state index in [-0.39, 0.29) is 6.03 Å². The molecule has 0 bridgehead atoms. The number of anilines is 3. The highest BCUT2D eigenvalue weighted by Gasteiger charge is 2.23. The second-order valence-electron chi connectivity index (χ2n) is 4.62. The number of aromatic nitrogens is 3. The van der Waals surface area contributed by atoms with Gasteiger partial charge in [0.05, 0.1) is 0 Å². The van der Waals surface area contributed by atoms with E-state index in [1.807, 2.05) is 0 Å². The van der Waals surface area contributed by atoms with Crippen LogP contribution in [0.15, 0.2) is 22.7 Å². The number of rotatable bonds is 4. The second-order valence-corrected chi connectivity index (χ2v) is 4.62. The highest BCUT2D eigenvalue weighted by atomic mass is 16.5. The van der Waals surface area contributed by atoms with Gasteiger partial charge in [0, 0.05) is 12.1 Å². The van der Waals surface area contributed by atoms with E-state index >= 15 is 0 Å². The van der Waals surface area contributed by atoms with Crippen molar-refractivity contribution in [3.63, 3.8) is 0 Å². The van der Waals surface area contributed by atoms with Crippen molar-refractivity contribution in [2.24, 2.45) is 0 Å². The third kappa shape index (κ3) is 3.22. The molecular formula is C12H14N6O2. The number of nitrogens with one attached hydrogen (secondary N) is 3. The van der Waals surface area contributed by atoms with Crippen LogP contribution in [0.4, 0.5) is 22.2 Å². The predicted molar refractivity (Wildman–Crippen MR) is 71.7 cm³/mol. The van der Waals surface area contributed by atoms with Gasteiger partial charge >= 0.3 is 6.03 Å². The molecule has 0 atom stereocenters. The molecule has 2 aromatic rings. The summed E-state index contributed by atoms with van der Waals surface area (Å²) in [6.07, 6.45) is 2.08. The number of amides is 2. The van der Waals surface area contributed by atoms with Crippen molar-refractivity contribution in [3.8, 4) is 0 Å². The normalized spacial score (nSPS) is 13.8. The maximum absolute atomic E-state index is 11.5. The fourth-order valence-electron chi connectivity index (χ4n) is 1.59. The van der Waals surface area contributed by atoms with Crippen LogP contribution in [-0.4, -0.2) is 27.4 Å². The average Bonchev–Trinajstić information content (AvgIpc) is 3.13. The van der Waals surface area contributed by atoms with Crippen molar-refractivity contribution in [1.29, 1.82) is 0 Å². The minimum atomic E-state index is -0.255. The zero-order valence-electron chi connectivity index (χ0n) is 10.9. The zero-order chi connectivity index (χ0) is 13.9. The van der Waals surface area contributed by atoms with Gasteiger partial charge in [-0.25, -0.2) is 4.79 Å². The first-order valence-corrected chi connectivity index (χ1v) is 6.30. The van der Waals surface area contributed by atoms with Gasteiger partial charge in [-0.15, -0.1) is 10.2 Å². The Morgan fingerprint density at radius 2 is 2.00 bits per heavy atom. The number of aryl methyl sites for hydroxylation is 1. The van der Waals surface area contributed by atoms with Gasteiger partial charge in [0.25, 0.3) is 0 Å². The lowest BCUT2D eigenvalue weighted by Gasteiger charge is -2.05. The van der Waals surface area contributed by atoms with E-state index < -0.39 is 0 Å². The van der Waals surface area contributed by atoms with E-state index in [9.17, 15) is 4.79 Å². The van der Waals surface area contributed by atoms with Gasteiger partial charge in [0.1, 0.15) is 5.76 Å². The van der Waals surface area contributed by atoms with Gasteiger partial charge in [-0.1, -0.05) is 5.16 Å². The predicted octanol–water partition coefficient (Wildman–Crippen LogP) is 1.80. The molecule has 2 heterocycles. The lowest BCUT2D eigenvalue weighted by molar-refractivity contribution is 0.251. The molecule has 3 N–H and O–H groups in total. The highest BCUT2D eigenvalue weighted by molar-refractivity contribution is 5.88. The molecule has 8 heteroatoms. The third-order valence-electron chi connectivity index (χ3n) is 2.70. The maximum atomic E-state index is 11.5. The molecule has 20 heavy (non-hydrogen) atoms. The number of urea groups is 1. The molecule has 1 aliphatic carbocycles. The molecule has 104 valence electrons. The number of nitrogens with zero attached hydrogens (tertiary/aromatic N) is 3. The van der Waals surface area contributed by atoms with Gasteiger partial charge in [0.2, 0.25) is 0 Å². The van der Waals surface area contributed by atoms with Crippen LogP contribution in [-0.2, 0) is 0 Å². The summed E-state index contributed by atoms with van der Waals surface area (Å²) in [4.78, 5) is 11.5. The molecule has 8 nitrogen and oxygen atoms in total. The van der Waals surface area contributed by atoms with Gasteiger partial charge in [-0.2, -0.15) is 0 Å². The quantitative estimate of drug-likeness (QED) is 0.785. The topological polar surface area (TPSA) is 105 Å². The molecule has 1 saturated carbocycles. The van der Waals surface area contributed by atoms with Crippen LogP contribution in [0.3, 0.4) is 0 Å². The van der Waals surface area contributed by atoms with Crippen LogP contribution >= 0.6 is 0 Å². The fraction of sp³-hybridized carbons (Fsp3) is 0.333. The number of carbonyl (C=O) groups excluding carboxylic acids is 1. The number of hydrogen-bond donors (Lipinski definition) is 3. The number of hydrogen-bond acceptors (Lipinski definition) is 6. The smallest absolute Gasteiger partial charge is 0.320 e. The summed E-state index contributed by atoms with van der Waals surface area (Å²) in [6.45, 7) is 1.80. The molecular weight excluding hydrogens is 260 g/mol. The Bertz CT molecular complexity index is 605. The van der Waals surface area contributed by atoms with Crippen LogP contribution in [0.2, 0.25) is 0 Å². The Morgan fingerprint density at radius 1 is 1.25 bits per heavy atom. The largest absolute Gasteiger partial charge is 0.360 e.